The highest BCUT2D eigenvalue weighted by Gasteiger charge is 2.58. The summed E-state index contributed by atoms with van der Waals surface area (Å²) in [7, 11) is 0. The number of rotatable bonds is 1. The zero-order chi connectivity index (χ0) is 11.6. The van der Waals surface area contributed by atoms with Gasteiger partial charge in [0.2, 0.25) is 0 Å². The minimum atomic E-state index is -1.11. The van der Waals surface area contributed by atoms with Crippen LogP contribution in [0, 0.1) is 17.3 Å². The molecule has 0 aromatic rings. The van der Waals surface area contributed by atoms with Gasteiger partial charge in [0, 0.05) is 11.3 Å². The Morgan fingerprint density at radius 1 is 1.00 bits per heavy atom. The molecule has 0 aliphatic heterocycles. The molecule has 0 N–H and O–H groups in total. The largest absolute Gasteiger partial charge is 0.191 e. The maximum Gasteiger partial charge on any atom is 0.191 e. The average molecular weight is 302 g/mol. The highest BCUT2D eigenvalue weighted by Crippen LogP contribution is 2.66. The van der Waals surface area contributed by atoms with E-state index in [0.29, 0.717) is 6.42 Å². The van der Waals surface area contributed by atoms with Crippen molar-refractivity contribution in [3.05, 3.63) is 0 Å². The molecule has 92 valence electrons. The van der Waals surface area contributed by atoms with Crippen LogP contribution >= 0.6 is 46.4 Å². The molecule has 0 heterocycles. The molecule has 0 aromatic heterocycles. The van der Waals surface area contributed by atoms with Gasteiger partial charge < -0.3 is 0 Å². The summed E-state index contributed by atoms with van der Waals surface area (Å²) in [4.78, 5) is 0.0278. The molecule has 0 saturated heterocycles. The van der Waals surface area contributed by atoms with E-state index in [1.165, 1.54) is 32.1 Å². The van der Waals surface area contributed by atoms with Gasteiger partial charge in [0.1, 0.15) is 0 Å². The van der Waals surface area contributed by atoms with E-state index in [1.807, 2.05) is 0 Å². The molecule has 4 heteroatoms. The summed E-state index contributed by atoms with van der Waals surface area (Å²) in [6.45, 7) is 0. The highest BCUT2D eigenvalue weighted by atomic mass is 35.6. The first kappa shape index (κ1) is 12.2. The summed E-state index contributed by atoms with van der Waals surface area (Å²) in [6, 6.07) is 0. The van der Waals surface area contributed by atoms with E-state index in [9.17, 15) is 0 Å². The lowest BCUT2D eigenvalue weighted by Gasteiger charge is -2.60. The van der Waals surface area contributed by atoms with Crippen LogP contribution in [0.4, 0.5) is 0 Å². The molecule has 2 unspecified atom stereocenters. The predicted octanol–water partition coefficient (Wildman–Crippen LogP) is 5.32. The fourth-order valence-electron chi connectivity index (χ4n) is 4.97. The average Bonchev–Trinajstić information content (AvgIpc) is 1.91. The Morgan fingerprint density at radius 2 is 1.56 bits per heavy atom. The van der Waals surface area contributed by atoms with Crippen LogP contribution in [0.1, 0.15) is 44.9 Å². The van der Waals surface area contributed by atoms with Gasteiger partial charge in [-0.25, -0.2) is 0 Å². The van der Waals surface area contributed by atoms with Gasteiger partial charge in [-0.3, -0.25) is 0 Å². The molecule has 0 radical (unpaired) electrons. The van der Waals surface area contributed by atoms with Crippen molar-refractivity contribution in [1.29, 1.82) is 0 Å². The molecular weight excluding hydrogens is 286 g/mol. The molecule has 0 nitrogen and oxygen atoms in total. The molecule has 0 spiro atoms. The van der Waals surface area contributed by atoms with Crippen LogP contribution in [0.3, 0.4) is 0 Å². The maximum absolute atomic E-state index is 6.72. The Labute approximate surface area is 117 Å². The van der Waals surface area contributed by atoms with E-state index in [-0.39, 0.29) is 10.3 Å². The summed E-state index contributed by atoms with van der Waals surface area (Å²) in [5.41, 5.74) is 0.219. The number of alkyl halides is 4. The van der Waals surface area contributed by atoms with Crippen molar-refractivity contribution < 1.29 is 0 Å². The van der Waals surface area contributed by atoms with Crippen molar-refractivity contribution in [2.75, 3.05) is 0 Å². The zero-order valence-electron chi connectivity index (χ0n) is 9.12. The quantitative estimate of drug-likeness (QED) is 0.575. The number of halogens is 4. The van der Waals surface area contributed by atoms with Gasteiger partial charge >= 0.3 is 0 Å². The summed E-state index contributed by atoms with van der Waals surface area (Å²) in [5, 5.41) is 0. The molecule has 16 heavy (non-hydrogen) atoms. The second-order valence-corrected chi connectivity index (χ2v) is 9.72. The SMILES string of the molecule is ClC(Cl)(Cl)CC12CC3CC(CC(Cl)(C3)C1)C2. The molecule has 4 saturated carbocycles. The van der Waals surface area contributed by atoms with Gasteiger partial charge in [-0.1, -0.05) is 34.8 Å². The Morgan fingerprint density at radius 3 is 2.00 bits per heavy atom. The smallest absolute Gasteiger partial charge is 0.119 e. The van der Waals surface area contributed by atoms with E-state index < -0.39 is 3.79 Å². The van der Waals surface area contributed by atoms with E-state index in [0.717, 1.165) is 18.3 Å². The second kappa shape index (κ2) is 3.59. The van der Waals surface area contributed by atoms with Crippen molar-refractivity contribution in [3.8, 4) is 0 Å². The minimum absolute atomic E-state index is 0.0278. The molecule has 4 rings (SSSR count). The molecule has 4 bridgehead atoms. The third-order valence-corrected chi connectivity index (χ3v) is 5.53. The molecule has 0 amide bonds. The Hall–Kier alpha value is 1.16. The fraction of sp³-hybridized carbons (Fsp3) is 1.00. The van der Waals surface area contributed by atoms with Crippen LogP contribution in [-0.2, 0) is 0 Å². The van der Waals surface area contributed by atoms with Crippen molar-refractivity contribution in [3.63, 3.8) is 0 Å². The first-order chi connectivity index (χ1) is 7.28. The maximum atomic E-state index is 6.72. The van der Waals surface area contributed by atoms with Crippen LogP contribution in [0.15, 0.2) is 0 Å². The van der Waals surface area contributed by atoms with E-state index in [1.54, 1.807) is 0 Å². The van der Waals surface area contributed by atoms with E-state index >= 15 is 0 Å². The summed E-state index contributed by atoms with van der Waals surface area (Å²) in [5.74, 6) is 1.57. The predicted molar refractivity (Wildman–Crippen MR) is 70.6 cm³/mol. The Bertz CT molecular complexity index is 289. The van der Waals surface area contributed by atoms with Gasteiger partial charge in [-0.15, -0.1) is 11.6 Å². The van der Waals surface area contributed by atoms with Crippen molar-refractivity contribution >= 4 is 46.4 Å². The van der Waals surface area contributed by atoms with E-state index in [2.05, 4.69) is 0 Å². The lowest BCUT2D eigenvalue weighted by atomic mass is 9.48. The Balaban J connectivity index is 1.86. The summed E-state index contributed by atoms with van der Waals surface area (Å²) >= 11 is 24.7. The third-order valence-electron chi connectivity index (χ3n) is 4.69. The molecule has 2 atom stereocenters. The van der Waals surface area contributed by atoms with Crippen molar-refractivity contribution in [2.24, 2.45) is 17.3 Å². The van der Waals surface area contributed by atoms with Crippen LogP contribution in [0.25, 0.3) is 0 Å². The molecule has 4 aliphatic rings. The molecule has 0 aromatic carbocycles. The molecule has 4 aliphatic carbocycles. The first-order valence-electron chi connectivity index (χ1n) is 6.03. The minimum Gasteiger partial charge on any atom is -0.119 e. The van der Waals surface area contributed by atoms with Crippen molar-refractivity contribution in [1.82, 2.24) is 0 Å². The topological polar surface area (TPSA) is 0 Å². The normalized spacial score (nSPS) is 51.0. The third kappa shape index (κ3) is 2.20. The second-order valence-electron chi connectivity index (χ2n) is 6.40. The van der Waals surface area contributed by atoms with Crippen LogP contribution in [0.5, 0.6) is 0 Å². The lowest BCUT2D eigenvalue weighted by Crippen LogP contribution is -2.53. The van der Waals surface area contributed by atoms with Gasteiger partial charge in [0.15, 0.2) is 3.79 Å². The summed E-state index contributed by atoms with van der Waals surface area (Å²) in [6.07, 6.45) is 7.93. The van der Waals surface area contributed by atoms with Crippen LogP contribution in [0.2, 0.25) is 0 Å². The van der Waals surface area contributed by atoms with E-state index in [4.69, 9.17) is 46.4 Å². The van der Waals surface area contributed by atoms with Crippen molar-refractivity contribution in [2.45, 2.75) is 53.6 Å². The highest BCUT2D eigenvalue weighted by molar-refractivity contribution is 6.67. The van der Waals surface area contributed by atoms with Gasteiger partial charge in [0.25, 0.3) is 0 Å². The molecular formula is C12H16Cl4. The monoisotopic (exact) mass is 300 g/mol. The number of hydrogen-bond donors (Lipinski definition) is 0. The molecule has 4 fully saturated rings. The van der Waals surface area contributed by atoms with Gasteiger partial charge in [0.05, 0.1) is 0 Å². The lowest BCUT2D eigenvalue weighted by molar-refractivity contribution is -0.0441. The van der Waals surface area contributed by atoms with Gasteiger partial charge in [-0.2, -0.15) is 0 Å². The fourth-order valence-corrected chi connectivity index (χ4v) is 6.54. The standard InChI is InChI=1S/C12H16Cl4/c13-11-4-8-1-9(5-11)3-10(2-8,6-11)7-12(14,15)16/h8-9H,1-7H2. The first-order valence-corrected chi connectivity index (χ1v) is 7.55. The number of hydrogen-bond acceptors (Lipinski definition) is 0. The van der Waals surface area contributed by atoms with Crippen LogP contribution in [-0.4, -0.2) is 8.67 Å². The van der Waals surface area contributed by atoms with Gasteiger partial charge in [-0.05, 0) is 55.8 Å². The Kier molecular flexibility index (Phi) is 2.74. The summed E-state index contributed by atoms with van der Waals surface area (Å²) < 4.78 is -1.11. The zero-order valence-corrected chi connectivity index (χ0v) is 12.1. The van der Waals surface area contributed by atoms with Crippen LogP contribution < -0.4 is 0 Å².